The summed E-state index contributed by atoms with van der Waals surface area (Å²) >= 11 is 0. The first-order chi connectivity index (χ1) is 9.69. The molecule has 20 heavy (non-hydrogen) atoms. The SMILES string of the molecule is COc1ccc(CC(N)CCc2ccncc2)cc1F. The maximum atomic E-state index is 13.6. The van der Waals surface area contributed by atoms with E-state index in [-0.39, 0.29) is 17.6 Å². The van der Waals surface area contributed by atoms with Crippen molar-refractivity contribution in [3.63, 3.8) is 0 Å². The number of rotatable bonds is 6. The van der Waals surface area contributed by atoms with Gasteiger partial charge in [-0.25, -0.2) is 4.39 Å². The van der Waals surface area contributed by atoms with Crippen molar-refractivity contribution in [1.29, 1.82) is 0 Å². The van der Waals surface area contributed by atoms with Crippen LogP contribution in [0.5, 0.6) is 5.75 Å². The number of halogens is 1. The Labute approximate surface area is 118 Å². The van der Waals surface area contributed by atoms with Crippen LogP contribution in [0.25, 0.3) is 0 Å². The van der Waals surface area contributed by atoms with E-state index in [0.717, 1.165) is 18.4 Å². The van der Waals surface area contributed by atoms with Crippen molar-refractivity contribution in [2.75, 3.05) is 7.11 Å². The molecule has 1 aromatic carbocycles. The van der Waals surface area contributed by atoms with Gasteiger partial charge in [0.2, 0.25) is 0 Å². The molecule has 106 valence electrons. The molecule has 2 rings (SSSR count). The minimum Gasteiger partial charge on any atom is -0.494 e. The fourth-order valence-electron chi connectivity index (χ4n) is 2.14. The van der Waals surface area contributed by atoms with E-state index in [1.807, 2.05) is 18.2 Å². The molecule has 2 N–H and O–H groups in total. The van der Waals surface area contributed by atoms with Crippen LogP contribution in [0.15, 0.2) is 42.7 Å². The van der Waals surface area contributed by atoms with E-state index in [4.69, 9.17) is 10.5 Å². The van der Waals surface area contributed by atoms with Gasteiger partial charge in [-0.1, -0.05) is 6.07 Å². The van der Waals surface area contributed by atoms with Gasteiger partial charge in [0.1, 0.15) is 0 Å². The van der Waals surface area contributed by atoms with E-state index >= 15 is 0 Å². The molecular weight excluding hydrogens is 255 g/mol. The standard InChI is InChI=1S/C16H19FN2O/c1-20-16-5-3-13(11-15(16)17)10-14(18)4-2-12-6-8-19-9-7-12/h3,5-9,11,14H,2,4,10,18H2,1H3. The van der Waals surface area contributed by atoms with Gasteiger partial charge >= 0.3 is 0 Å². The smallest absolute Gasteiger partial charge is 0.165 e. The molecule has 0 aliphatic rings. The molecule has 1 heterocycles. The van der Waals surface area contributed by atoms with E-state index in [9.17, 15) is 4.39 Å². The van der Waals surface area contributed by atoms with E-state index < -0.39 is 0 Å². The van der Waals surface area contributed by atoms with Gasteiger partial charge in [0.25, 0.3) is 0 Å². The minimum atomic E-state index is -0.341. The Morgan fingerprint density at radius 2 is 1.95 bits per heavy atom. The van der Waals surface area contributed by atoms with Crippen LogP contribution in [0, 0.1) is 5.82 Å². The summed E-state index contributed by atoms with van der Waals surface area (Å²) in [5, 5.41) is 0. The number of nitrogens with zero attached hydrogens (tertiary/aromatic N) is 1. The number of benzene rings is 1. The van der Waals surface area contributed by atoms with Crippen molar-refractivity contribution in [1.82, 2.24) is 4.98 Å². The molecule has 0 amide bonds. The highest BCUT2D eigenvalue weighted by Gasteiger charge is 2.08. The molecule has 1 atom stereocenters. The lowest BCUT2D eigenvalue weighted by Crippen LogP contribution is -2.23. The van der Waals surface area contributed by atoms with Crippen molar-refractivity contribution in [2.24, 2.45) is 5.73 Å². The quantitative estimate of drug-likeness (QED) is 0.881. The van der Waals surface area contributed by atoms with Gasteiger partial charge in [0, 0.05) is 18.4 Å². The van der Waals surface area contributed by atoms with Crippen LogP contribution in [0.1, 0.15) is 17.5 Å². The fraction of sp³-hybridized carbons (Fsp3) is 0.312. The number of hydrogen-bond acceptors (Lipinski definition) is 3. The van der Waals surface area contributed by atoms with Crippen LogP contribution in [0.4, 0.5) is 4.39 Å². The van der Waals surface area contributed by atoms with Gasteiger partial charge < -0.3 is 10.5 Å². The van der Waals surface area contributed by atoms with Gasteiger partial charge in [-0.05, 0) is 54.7 Å². The van der Waals surface area contributed by atoms with Crippen molar-refractivity contribution < 1.29 is 9.13 Å². The first kappa shape index (κ1) is 14.5. The molecular formula is C16H19FN2O. The highest BCUT2D eigenvalue weighted by atomic mass is 19.1. The largest absolute Gasteiger partial charge is 0.494 e. The Morgan fingerprint density at radius 3 is 2.60 bits per heavy atom. The fourth-order valence-corrected chi connectivity index (χ4v) is 2.14. The molecule has 0 saturated carbocycles. The molecule has 0 fully saturated rings. The second-order valence-corrected chi connectivity index (χ2v) is 4.83. The van der Waals surface area contributed by atoms with Crippen LogP contribution >= 0.6 is 0 Å². The molecule has 4 heteroatoms. The number of pyridine rings is 1. The third-order valence-corrected chi connectivity index (χ3v) is 3.27. The number of nitrogens with two attached hydrogens (primary N) is 1. The summed E-state index contributed by atoms with van der Waals surface area (Å²) in [6, 6.07) is 8.97. The zero-order valence-corrected chi connectivity index (χ0v) is 11.6. The summed E-state index contributed by atoms with van der Waals surface area (Å²) in [6.45, 7) is 0. The highest BCUT2D eigenvalue weighted by molar-refractivity contribution is 5.29. The van der Waals surface area contributed by atoms with Crippen LogP contribution in [-0.2, 0) is 12.8 Å². The Morgan fingerprint density at radius 1 is 1.20 bits per heavy atom. The molecule has 0 saturated heterocycles. The van der Waals surface area contributed by atoms with Crippen LogP contribution in [0.3, 0.4) is 0 Å². The second kappa shape index (κ2) is 7.01. The van der Waals surface area contributed by atoms with Crippen LogP contribution < -0.4 is 10.5 Å². The lowest BCUT2D eigenvalue weighted by Gasteiger charge is -2.12. The number of aryl methyl sites for hydroxylation is 1. The van der Waals surface area contributed by atoms with Gasteiger partial charge in [-0.15, -0.1) is 0 Å². The third-order valence-electron chi connectivity index (χ3n) is 3.27. The highest BCUT2D eigenvalue weighted by Crippen LogP contribution is 2.19. The molecule has 2 aromatic rings. The summed E-state index contributed by atoms with van der Waals surface area (Å²) in [5.41, 5.74) is 8.22. The average molecular weight is 274 g/mol. The minimum absolute atomic E-state index is 0.0101. The summed E-state index contributed by atoms with van der Waals surface area (Å²) in [7, 11) is 1.46. The molecule has 0 aliphatic carbocycles. The van der Waals surface area contributed by atoms with Crippen molar-refractivity contribution in [3.05, 3.63) is 59.7 Å². The average Bonchev–Trinajstić information content (AvgIpc) is 2.46. The zero-order valence-electron chi connectivity index (χ0n) is 11.6. The summed E-state index contributed by atoms with van der Waals surface area (Å²) in [6.07, 6.45) is 5.98. The van der Waals surface area contributed by atoms with Gasteiger partial charge in [0.05, 0.1) is 7.11 Å². The molecule has 0 spiro atoms. The lowest BCUT2D eigenvalue weighted by atomic mass is 10.00. The normalized spacial score (nSPS) is 12.2. The number of ether oxygens (including phenoxy) is 1. The third kappa shape index (κ3) is 4.03. The number of methoxy groups -OCH3 is 1. The molecule has 0 radical (unpaired) electrons. The molecule has 1 unspecified atom stereocenters. The zero-order chi connectivity index (χ0) is 14.4. The van der Waals surface area contributed by atoms with E-state index in [1.54, 1.807) is 18.5 Å². The van der Waals surface area contributed by atoms with E-state index in [1.165, 1.54) is 18.7 Å². The topological polar surface area (TPSA) is 48.1 Å². The predicted molar refractivity (Wildman–Crippen MR) is 77.2 cm³/mol. The molecule has 0 aliphatic heterocycles. The summed E-state index contributed by atoms with van der Waals surface area (Å²) < 4.78 is 18.5. The Hall–Kier alpha value is -1.94. The maximum absolute atomic E-state index is 13.6. The van der Waals surface area contributed by atoms with Gasteiger partial charge in [-0.3, -0.25) is 4.98 Å². The first-order valence-corrected chi connectivity index (χ1v) is 6.66. The van der Waals surface area contributed by atoms with E-state index in [2.05, 4.69) is 4.98 Å². The Kier molecular flexibility index (Phi) is 5.07. The van der Waals surface area contributed by atoms with Crippen molar-refractivity contribution >= 4 is 0 Å². The predicted octanol–water partition coefficient (Wildman–Crippen LogP) is 2.73. The summed E-state index contributed by atoms with van der Waals surface area (Å²) in [5.74, 6) is -0.0783. The molecule has 0 bridgehead atoms. The van der Waals surface area contributed by atoms with E-state index in [0.29, 0.717) is 6.42 Å². The number of aromatic nitrogens is 1. The lowest BCUT2D eigenvalue weighted by molar-refractivity contribution is 0.386. The monoisotopic (exact) mass is 274 g/mol. The second-order valence-electron chi connectivity index (χ2n) is 4.83. The Bertz CT molecular complexity index is 545. The van der Waals surface area contributed by atoms with Crippen molar-refractivity contribution in [2.45, 2.75) is 25.3 Å². The molecule has 1 aromatic heterocycles. The Balaban J connectivity index is 1.88. The summed E-state index contributed by atoms with van der Waals surface area (Å²) in [4.78, 5) is 3.98. The number of hydrogen-bond donors (Lipinski definition) is 1. The van der Waals surface area contributed by atoms with Gasteiger partial charge in [0.15, 0.2) is 11.6 Å². The maximum Gasteiger partial charge on any atom is 0.165 e. The van der Waals surface area contributed by atoms with Crippen molar-refractivity contribution in [3.8, 4) is 5.75 Å². The van der Waals surface area contributed by atoms with Crippen LogP contribution in [-0.4, -0.2) is 18.1 Å². The van der Waals surface area contributed by atoms with Gasteiger partial charge in [-0.2, -0.15) is 0 Å². The first-order valence-electron chi connectivity index (χ1n) is 6.66. The van der Waals surface area contributed by atoms with Crippen LogP contribution in [0.2, 0.25) is 0 Å². The molecule has 3 nitrogen and oxygen atoms in total.